The van der Waals surface area contributed by atoms with Gasteiger partial charge in [-0.05, 0) is 13.0 Å². The number of hydrogen-bond acceptors (Lipinski definition) is 1. The van der Waals surface area contributed by atoms with E-state index in [0.29, 0.717) is 0 Å². The lowest BCUT2D eigenvalue weighted by atomic mass is 10.5. The predicted octanol–water partition coefficient (Wildman–Crippen LogP) is 1.23. The average Bonchev–Trinajstić information content (AvgIpc) is 1.69. The van der Waals surface area contributed by atoms with Gasteiger partial charge in [-0.25, -0.2) is 0 Å². The Hall–Kier alpha value is -0.850. The minimum absolute atomic E-state index is 1.32. The smallest absolute Gasteiger partial charge is 0.225 e. The van der Waals surface area contributed by atoms with Crippen molar-refractivity contribution in [2.45, 2.75) is 6.92 Å². The highest BCUT2D eigenvalue weighted by Crippen LogP contribution is 1.70. The zero-order chi connectivity index (χ0) is 5.54. The van der Waals surface area contributed by atoms with E-state index in [2.05, 4.69) is 0 Å². The van der Waals surface area contributed by atoms with Crippen LogP contribution in [0.2, 0.25) is 0 Å². The molecule has 0 N–H and O–H groups in total. The molecule has 0 rings (SSSR count). The SMILES string of the molecule is CC=C/C=C/[C]=O. The topological polar surface area (TPSA) is 17.1 Å². The quantitative estimate of drug-likeness (QED) is 0.372. The molecule has 0 aliphatic heterocycles. The zero-order valence-corrected chi connectivity index (χ0v) is 4.22. The summed E-state index contributed by atoms with van der Waals surface area (Å²) in [4.78, 5) is 9.43. The lowest BCUT2D eigenvalue weighted by Crippen LogP contribution is -1.53. The van der Waals surface area contributed by atoms with Crippen LogP contribution >= 0.6 is 0 Å². The molecule has 0 heterocycles. The van der Waals surface area contributed by atoms with Crippen LogP contribution in [0.1, 0.15) is 6.92 Å². The molecule has 0 aromatic heterocycles. The second-order valence-corrected chi connectivity index (χ2v) is 1.00. The number of allylic oxidation sites excluding steroid dienone is 4. The molecule has 0 spiro atoms. The van der Waals surface area contributed by atoms with Crippen molar-refractivity contribution in [1.82, 2.24) is 0 Å². The minimum Gasteiger partial charge on any atom is -0.286 e. The van der Waals surface area contributed by atoms with Crippen molar-refractivity contribution in [3.63, 3.8) is 0 Å². The van der Waals surface area contributed by atoms with Crippen molar-refractivity contribution < 1.29 is 4.79 Å². The molecular weight excluding hydrogens is 88.1 g/mol. The molecule has 0 atom stereocenters. The third kappa shape index (κ3) is 5.15. The Kier molecular flexibility index (Phi) is 4.52. The third-order valence-corrected chi connectivity index (χ3v) is 0.468. The van der Waals surface area contributed by atoms with Crippen LogP contribution in [0.5, 0.6) is 0 Å². The first-order valence-electron chi connectivity index (χ1n) is 2.07. The van der Waals surface area contributed by atoms with Crippen molar-refractivity contribution in [2.75, 3.05) is 0 Å². The fourth-order valence-electron chi connectivity index (χ4n) is 0.206. The molecular formula is C6H7O. The molecule has 0 aliphatic rings. The maximum Gasteiger partial charge on any atom is 0.225 e. The van der Waals surface area contributed by atoms with Gasteiger partial charge in [0.05, 0.1) is 0 Å². The van der Waals surface area contributed by atoms with Crippen molar-refractivity contribution in [1.29, 1.82) is 0 Å². The fourth-order valence-corrected chi connectivity index (χ4v) is 0.206. The summed E-state index contributed by atoms with van der Waals surface area (Å²) in [7, 11) is 0. The molecule has 0 saturated heterocycles. The first-order chi connectivity index (χ1) is 3.41. The van der Waals surface area contributed by atoms with Gasteiger partial charge in [0.1, 0.15) is 0 Å². The molecule has 0 aliphatic carbocycles. The molecule has 1 nitrogen and oxygen atoms in total. The second kappa shape index (κ2) is 5.15. The Labute approximate surface area is 43.3 Å². The first-order valence-corrected chi connectivity index (χ1v) is 2.07. The van der Waals surface area contributed by atoms with E-state index in [9.17, 15) is 4.79 Å². The minimum atomic E-state index is 1.32. The van der Waals surface area contributed by atoms with Crippen LogP contribution in [-0.2, 0) is 4.79 Å². The van der Waals surface area contributed by atoms with Crippen molar-refractivity contribution in [3.05, 3.63) is 24.3 Å². The summed E-state index contributed by atoms with van der Waals surface area (Å²) in [5.74, 6) is 0. The van der Waals surface area contributed by atoms with Gasteiger partial charge >= 0.3 is 0 Å². The van der Waals surface area contributed by atoms with Gasteiger partial charge in [0.25, 0.3) is 0 Å². The van der Waals surface area contributed by atoms with E-state index in [0.717, 1.165) is 0 Å². The second-order valence-electron chi connectivity index (χ2n) is 1.00. The normalized spacial score (nSPS) is 11.0. The van der Waals surface area contributed by atoms with Crippen LogP contribution in [0.4, 0.5) is 0 Å². The molecule has 0 saturated carbocycles. The molecule has 1 heteroatoms. The summed E-state index contributed by atoms with van der Waals surface area (Å²) in [5, 5.41) is 0. The lowest BCUT2D eigenvalue weighted by Gasteiger charge is -1.61. The Bertz CT molecular complexity index is 90.4. The highest BCUT2D eigenvalue weighted by Gasteiger charge is 1.57. The van der Waals surface area contributed by atoms with Gasteiger partial charge in [0.2, 0.25) is 6.29 Å². The molecule has 7 heavy (non-hydrogen) atoms. The van der Waals surface area contributed by atoms with Gasteiger partial charge < -0.3 is 0 Å². The maximum atomic E-state index is 9.43. The van der Waals surface area contributed by atoms with Crippen LogP contribution in [0.3, 0.4) is 0 Å². The highest BCUT2D eigenvalue weighted by molar-refractivity contribution is 5.66. The highest BCUT2D eigenvalue weighted by atomic mass is 16.1. The van der Waals surface area contributed by atoms with Gasteiger partial charge in [-0.2, -0.15) is 0 Å². The van der Waals surface area contributed by atoms with Crippen LogP contribution in [0.15, 0.2) is 24.3 Å². The van der Waals surface area contributed by atoms with E-state index < -0.39 is 0 Å². The van der Waals surface area contributed by atoms with Crippen molar-refractivity contribution >= 4 is 6.29 Å². The van der Waals surface area contributed by atoms with E-state index >= 15 is 0 Å². The third-order valence-electron chi connectivity index (χ3n) is 0.468. The van der Waals surface area contributed by atoms with E-state index in [1.807, 2.05) is 13.0 Å². The van der Waals surface area contributed by atoms with Gasteiger partial charge in [0, 0.05) is 0 Å². The fraction of sp³-hybridized carbons (Fsp3) is 0.167. The summed E-state index contributed by atoms with van der Waals surface area (Å²) < 4.78 is 0. The Morgan fingerprint density at radius 3 is 2.57 bits per heavy atom. The largest absolute Gasteiger partial charge is 0.286 e. The molecule has 0 unspecified atom stereocenters. The monoisotopic (exact) mass is 95.0 g/mol. The summed E-state index contributed by atoms with van der Waals surface area (Å²) in [6.45, 7) is 1.88. The number of carbonyl (C=O) groups excluding carboxylic acids is 1. The molecule has 0 bridgehead atoms. The number of rotatable bonds is 2. The van der Waals surface area contributed by atoms with Gasteiger partial charge in [-0.15, -0.1) is 0 Å². The lowest BCUT2D eigenvalue weighted by molar-refractivity contribution is 0.564. The van der Waals surface area contributed by atoms with Crippen LogP contribution in [0.25, 0.3) is 0 Å². The van der Waals surface area contributed by atoms with Crippen LogP contribution in [-0.4, -0.2) is 6.29 Å². The first kappa shape index (κ1) is 6.15. The molecule has 0 aromatic carbocycles. The summed E-state index contributed by atoms with van der Waals surface area (Å²) in [5.41, 5.74) is 0. The Balaban J connectivity index is 3.27. The summed E-state index contributed by atoms with van der Waals surface area (Å²) in [6, 6.07) is 0. The zero-order valence-electron chi connectivity index (χ0n) is 4.22. The Morgan fingerprint density at radius 2 is 2.14 bits per heavy atom. The van der Waals surface area contributed by atoms with Crippen molar-refractivity contribution in [2.24, 2.45) is 0 Å². The molecule has 0 amide bonds. The Morgan fingerprint density at radius 1 is 1.43 bits per heavy atom. The molecule has 0 fully saturated rings. The maximum absolute atomic E-state index is 9.43. The van der Waals surface area contributed by atoms with Gasteiger partial charge in [0.15, 0.2) is 0 Å². The number of hydrogen-bond donors (Lipinski definition) is 0. The van der Waals surface area contributed by atoms with E-state index in [1.165, 1.54) is 6.08 Å². The van der Waals surface area contributed by atoms with Crippen molar-refractivity contribution in [3.8, 4) is 0 Å². The van der Waals surface area contributed by atoms with E-state index in [4.69, 9.17) is 0 Å². The van der Waals surface area contributed by atoms with Gasteiger partial charge in [-0.1, -0.05) is 18.2 Å². The predicted molar refractivity (Wildman–Crippen MR) is 29.6 cm³/mol. The molecule has 0 aromatic rings. The summed E-state index contributed by atoms with van der Waals surface area (Å²) in [6.07, 6.45) is 8.18. The molecule has 37 valence electrons. The van der Waals surface area contributed by atoms with E-state index in [-0.39, 0.29) is 0 Å². The molecule has 1 radical (unpaired) electrons. The standard InChI is InChI=1S/C6H7O/c1-2-3-4-5-6-7/h2-5H,1H3/b3-2?,5-4+. The van der Waals surface area contributed by atoms with Crippen LogP contribution in [0, 0.1) is 0 Å². The summed E-state index contributed by atoms with van der Waals surface area (Å²) >= 11 is 0. The van der Waals surface area contributed by atoms with E-state index in [1.54, 1.807) is 18.4 Å². The van der Waals surface area contributed by atoms with Crippen LogP contribution < -0.4 is 0 Å². The average molecular weight is 95.1 g/mol. The van der Waals surface area contributed by atoms with Gasteiger partial charge in [-0.3, -0.25) is 4.79 Å².